The molecule has 0 heterocycles. The molecule has 0 aromatic heterocycles. The summed E-state index contributed by atoms with van der Waals surface area (Å²) in [4.78, 5) is 9.92. The number of nitrogens with two attached hydrogens (primary N) is 2. The number of allylic oxidation sites excluding steroid dienone is 4. The molecule has 0 bridgehead atoms. The van der Waals surface area contributed by atoms with Crippen LogP contribution in [-0.2, 0) is 4.74 Å². The molecule has 158 valence electrons. The predicted molar refractivity (Wildman–Crippen MR) is 122 cm³/mol. The maximum absolute atomic E-state index is 14.1. The van der Waals surface area contributed by atoms with Crippen LogP contribution < -0.4 is 11.5 Å². The molecule has 0 amide bonds. The molecule has 0 aromatic rings. The monoisotopic (exact) mass is 423 g/mol. The van der Waals surface area contributed by atoms with E-state index in [1.54, 1.807) is 11.1 Å². The second-order valence-corrected chi connectivity index (χ2v) is 7.75. The average Bonchev–Trinajstić information content (AvgIpc) is 2.67. The molecule has 0 aromatic carbocycles. The molecule has 0 saturated heterocycles. The van der Waals surface area contributed by atoms with E-state index in [4.69, 9.17) is 16.2 Å². The normalized spacial score (nSPS) is 21.6. The third-order valence-corrected chi connectivity index (χ3v) is 4.96. The van der Waals surface area contributed by atoms with Gasteiger partial charge in [-0.05, 0) is 0 Å². The van der Waals surface area contributed by atoms with E-state index >= 15 is 0 Å². The topological polar surface area (TPSA) is 89.2 Å². The molecule has 1 aliphatic carbocycles. The summed E-state index contributed by atoms with van der Waals surface area (Å²) in [6.45, 7) is 5.87. The van der Waals surface area contributed by atoms with E-state index in [1.807, 2.05) is 20.8 Å². The van der Waals surface area contributed by atoms with Gasteiger partial charge >= 0.3 is 174 Å². The van der Waals surface area contributed by atoms with Crippen molar-refractivity contribution in [2.45, 2.75) is 27.2 Å². The molecule has 6 nitrogen and oxygen atoms in total. The molecule has 1 aliphatic rings. The Morgan fingerprint density at radius 2 is 2.10 bits per heavy atom. The van der Waals surface area contributed by atoms with E-state index in [0.717, 1.165) is 11.1 Å². The molecule has 29 heavy (non-hydrogen) atoms. The van der Waals surface area contributed by atoms with Crippen molar-refractivity contribution in [3.63, 3.8) is 0 Å². The van der Waals surface area contributed by atoms with Gasteiger partial charge in [-0.25, -0.2) is 0 Å². The number of halogens is 2. The molecule has 10 heteroatoms. The van der Waals surface area contributed by atoms with Crippen LogP contribution in [0.15, 0.2) is 56.6 Å². The van der Waals surface area contributed by atoms with Gasteiger partial charge in [-0.1, -0.05) is 0 Å². The second kappa shape index (κ2) is 11.2. The predicted octanol–water partition coefficient (Wildman–Crippen LogP) is 2.39. The minimum absolute atomic E-state index is 0.0600. The van der Waals surface area contributed by atoms with E-state index in [0.29, 0.717) is 12.0 Å². The van der Waals surface area contributed by atoms with Gasteiger partial charge in [-0.3, -0.25) is 0 Å². The van der Waals surface area contributed by atoms with Gasteiger partial charge in [0, 0.05) is 0 Å². The summed E-state index contributed by atoms with van der Waals surface area (Å²) >= 11 is 0. The first-order chi connectivity index (χ1) is 13.6. The van der Waals surface area contributed by atoms with Gasteiger partial charge in [-0.2, -0.15) is 0 Å². The summed E-state index contributed by atoms with van der Waals surface area (Å²) < 4.78 is 32.9. The van der Waals surface area contributed by atoms with Crippen molar-refractivity contribution in [2.75, 3.05) is 20.4 Å². The number of aliphatic imine (C=N–C) groups is 2. The number of hydrogen-bond acceptors (Lipinski definition) is 4. The van der Waals surface area contributed by atoms with E-state index < -0.39 is 17.1 Å². The van der Waals surface area contributed by atoms with Gasteiger partial charge in [0.25, 0.3) is 0 Å². The summed E-state index contributed by atoms with van der Waals surface area (Å²) in [5.74, 6) is -1.56. The molecule has 4 N–H and O–H groups in total. The average molecular weight is 423 g/mol. The van der Waals surface area contributed by atoms with Crippen molar-refractivity contribution in [1.82, 2.24) is 4.90 Å². The van der Waals surface area contributed by atoms with Crippen molar-refractivity contribution in [3.8, 4) is 0 Å². The summed E-state index contributed by atoms with van der Waals surface area (Å²) in [6.07, 6.45) is 6.02. The summed E-state index contributed by atoms with van der Waals surface area (Å²) in [7, 11) is 7.91. The quantitative estimate of drug-likeness (QED) is 0.272. The molecular formula is C19H29BF2N5OP. The van der Waals surface area contributed by atoms with Crippen LogP contribution in [0.4, 0.5) is 8.78 Å². The fraction of sp³-hybridized carbons (Fsp3) is 0.421. The van der Waals surface area contributed by atoms with Crippen LogP contribution in [-0.4, -0.2) is 50.5 Å². The van der Waals surface area contributed by atoms with E-state index in [2.05, 4.69) is 26.7 Å². The molecular weight excluding hydrogens is 394 g/mol. The van der Waals surface area contributed by atoms with Gasteiger partial charge in [0.1, 0.15) is 0 Å². The Morgan fingerprint density at radius 3 is 2.66 bits per heavy atom. The third kappa shape index (κ3) is 7.01. The van der Waals surface area contributed by atoms with Crippen molar-refractivity contribution in [2.24, 2.45) is 26.9 Å². The van der Waals surface area contributed by atoms with Gasteiger partial charge in [0.15, 0.2) is 0 Å². The molecule has 0 spiro atoms. The molecule has 2 atom stereocenters. The van der Waals surface area contributed by atoms with Crippen molar-refractivity contribution >= 4 is 34.5 Å². The van der Waals surface area contributed by atoms with Crippen LogP contribution in [0, 0.1) is 5.41 Å². The van der Waals surface area contributed by atoms with Crippen LogP contribution in [0.25, 0.3) is 0 Å². The molecule has 2 unspecified atom stereocenters. The summed E-state index contributed by atoms with van der Waals surface area (Å²) in [6, 6.07) is 0. The number of methoxy groups -OCH3 is 1. The van der Waals surface area contributed by atoms with Crippen molar-refractivity contribution < 1.29 is 13.5 Å². The summed E-state index contributed by atoms with van der Waals surface area (Å²) in [5, 5.41) is 0.273. The number of guanidine groups is 1. The van der Waals surface area contributed by atoms with Crippen LogP contribution in [0.5, 0.6) is 0 Å². The Morgan fingerprint density at radius 1 is 1.45 bits per heavy atom. The first-order valence-corrected chi connectivity index (χ1v) is 9.50. The Bertz CT molecular complexity index is 819. The van der Waals surface area contributed by atoms with Gasteiger partial charge in [-0.15, -0.1) is 0 Å². The SMILES string of the molecule is B=C(\C(C)=C(C)/C=N\C=C\N)N(CC1(C)C=C(F)C(F)=C(P)C1)/C(N)=N\COC. The Balaban J connectivity index is 3.29. The summed E-state index contributed by atoms with van der Waals surface area (Å²) in [5.41, 5.74) is 13.0. The van der Waals surface area contributed by atoms with Gasteiger partial charge in [0.05, 0.1) is 0 Å². The standard InChI is InChI=1S/C19H29BF2N5OP/c1-12(9-25-6-5-23)13(2)17(20)27(18(24)26-11-28-4)10-19(3)7-14(21)16(22)15(29)8-19/h5-7,9,20H,8,10-11,23,29H2,1-4H3,(H2,24,26)/b6-5+,13-12-,25-9-. The van der Waals surface area contributed by atoms with E-state index in [-0.39, 0.29) is 24.5 Å². The fourth-order valence-electron chi connectivity index (χ4n) is 2.81. The molecule has 0 aliphatic heterocycles. The zero-order valence-corrected chi connectivity index (χ0v) is 18.5. The number of hydrogen-bond donors (Lipinski definition) is 2. The number of ether oxygens (including phenoxy) is 1. The zero-order valence-electron chi connectivity index (χ0n) is 17.4. The Kier molecular flexibility index (Phi) is 9.60. The number of rotatable bonds is 8. The molecule has 0 fully saturated rings. The molecule has 0 saturated carbocycles. The molecule has 1 rings (SSSR count). The van der Waals surface area contributed by atoms with Crippen LogP contribution in [0.3, 0.4) is 0 Å². The first-order valence-electron chi connectivity index (χ1n) is 8.92. The van der Waals surface area contributed by atoms with Gasteiger partial charge < -0.3 is 0 Å². The third-order valence-electron chi connectivity index (χ3n) is 4.50. The second-order valence-electron chi connectivity index (χ2n) is 7.06. The number of nitrogens with zero attached hydrogens (tertiary/aromatic N) is 3. The maximum atomic E-state index is 14.1. The fourth-order valence-corrected chi connectivity index (χ4v) is 3.42. The van der Waals surface area contributed by atoms with Crippen LogP contribution in [0.1, 0.15) is 27.2 Å². The van der Waals surface area contributed by atoms with Gasteiger partial charge in [0.2, 0.25) is 0 Å². The first kappa shape index (κ1) is 24.9. The van der Waals surface area contributed by atoms with E-state index in [1.165, 1.54) is 25.6 Å². The zero-order chi connectivity index (χ0) is 22.2. The van der Waals surface area contributed by atoms with Crippen molar-refractivity contribution in [3.05, 3.63) is 46.6 Å². The van der Waals surface area contributed by atoms with Crippen LogP contribution >= 0.6 is 9.24 Å². The van der Waals surface area contributed by atoms with Crippen LogP contribution in [0.2, 0.25) is 0 Å². The van der Waals surface area contributed by atoms with E-state index in [9.17, 15) is 8.78 Å². The Hall–Kier alpha value is -2.12. The van der Waals surface area contributed by atoms with Crippen molar-refractivity contribution in [1.29, 1.82) is 0 Å². The minimum atomic E-state index is -0.883. The molecule has 0 radical (unpaired) electrons. The Labute approximate surface area is 174 Å².